The van der Waals surface area contributed by atoms with E-state index in [4.69, 9.17) is 28.3 Å². The molecule has 1 aromatic heterocycles. The second-order valence-corrected chi connectivity index (χ2v) is 7.00. The Morgan fingerprint density at radius 3 is 2.80 bits per heavy atom. The Kier molecular flexibility index (Phi) is 5.29. The van der Waals surface area contributed by atoms with Gasteiger partial charge in [-0.25, -0.2) is 0 Å². The maximum absolute atomic E-state index is 11.1. The van der Waals surface area contributed by atoms with Crippen LogP contribution in [0.2, 0.25) is 10.0 Å². The molecule has 0 saturated carbocycles. The molecule has 4 nitrogen and oxygen atoms in total. The van der Waals surface area contributed by atoms with Crippen LogP contribution in [0, 0.1) is 10.1 Å². The van der Waals surface area contributed by atoms with Crippen LogP contribution in [0.4, 0.5) is 5.69 Å². The van der Waals surface area contributed by atoms with E-state index in [0.717, 1.165) is 4.88 Å². The maximum Gasteiger partial charge on any atom is 0.294 e. The van der Waals surface area contributed by atoms with Crippen molar-refractivity contribution in [1.29, 1.82) is 0 Å². The van der Waals surface area contributed by atoms with Crippen LogP contribution in [0.5, 0.6) is 0 Å². The van der Waals surface area contributed by atoms with Gasteiger partial charge in [0.2, 0.25) is 0 Å². The Balaban J connectivity index is 2.37. The highest BCUT2D eigenvalue weighted by Crippen LogP contribution is 2.44. The Labute approximate surface area is 133 Å². The van der Waals surface area contributed by atoms with E-state index in [0.29, 0.717) is 25.6 Å². The molecule has 0 unspecified atom stereocenters. The molecule has 2 aromatic rings. The summed E-state index contributed by atoms with van der Waals surface area (Å²) in [6.45, 7) is -0.0420. The number of thiophene rings is 1. The highest BCUT2D eigenvalue weighted by Gasteiger charge is 2.21. The second-order valence-electron chi connectivity index (χ2n) is 3.77. The Morgan fingerprint density at radius 2 is 2.15 bits per heavy atom. The molecule has 0 radical (unpaired) electrons. The van der Waals surface area contributed by atoms with Crippen LogP contribution >= 0.6 is 46.3 Å². The molecule has 8 heteroatoms. The standard InChI is InChI=1S/C12H9Cl2NO3S2/c13-8-2-1-3-10(11(8)14)20-12-9(15(17)18)6-7(19-12)4-5-16/h1-3,6,16H,4-5H2. The van der Waals surface area contributed by atoms with Gasteiger partial charge in [0.15, 0.2) is 0 Å². The third kappa shape index (κ3) is 3.45. The zero-order chi connectivity index (χ0) is 14.7. The topological polar surface area (TPSA) is 63.4 Å². The van der Waals surface area contributed by atoms with Crippen LogP contribution in [0.15, 0.2) is 33.4 Å². The zero-order valence-corrected chi connectivity index (χ0v) is 13.2. The molecular formula is C12H9Cl2NO3S2. The second kappa shape index (κ2) is 6.78. The van der Waals surface area contributed by atoms with Gasteiger partial charge < -0.3 is 5.11 Å². The maximum atomic E-state index is 11.1. The van der Waals surface area contributed by atoms with E-state index in [9.17, 15) is 10.1 Å². The van der Waals surface area contributed by atoms with Crippen LogP contribution < -0.4 is 0 Å². The summed E-state index contributed by atoms with van der Waals surface area (Å²) in [5.74, 6) is 0. The molecule has 0 aliphatic rings. The monoisotopic (exact) mass is 349 g/mol. The van der Waals surface area contributed by atoms with Crippen molar-refractivity contribution in [3.63, 3.8) is 0 Å². The van der Waals surface area contributed by atoms with Crippen molar-refractivity contribution in [3.8, 4) is 0 Å². The molecule has 0 bridgehead atoms. The molecule has 20 heavy (non-hydrogen) atoms. The smallest absolute Gasteiger partial charge is 0.294 e. The minimum absolute atomic E-state index is 0.0273. The number of aliphatic hydroxyl groups is 1. The van der Waals surface area contributed by atoms with Crippen LogP contribution in [0.3, 0.4) is 0 Å². The first kappa shape index (κ1) is 15.6. The summed E-state index contributed by atoms with van der Waals surface area (Å²) in [5, 5.41) is 20.8. The van der Waals surface area contributed by atoms with Gasteiger partial charge in [-0.1, -0.05) is 41.0 Å². The van der Waals surface area contributed by atoms with Crippen molar-refractivity contribution in [2.24, 2.45) is 0 Å². The molecule has 0 aliphatic carbocycles. The molecule has 0 saturated heterocycles. The molecule has 106 valence electrons. The number of aliphatic hydroxyl groups excluding tert-OH is 1. The lowest BCUT2D eigenvalue weighted by Crippen LogP contribution is -1.87. The Hall–Kier alpha value is -0.790. The normalized spacial score (nSPS) is 10.8. The van der Waals surface area contributed by atoms with E-state index in [-0.39, 0.29) is 12.3 Å². The first-order valence-electron chi connectivity index (χ1n) is 5.52. The molecule has 1 heterocycles. The van der Waals surface area contributed by atoms with Crippen molar-refractivity contribution >= 4 is 52.0 Å². The van der Waals surface area contributed by atoms with Gasteiger partial charge in [-0.3, -0.25) is 10.1 Å². The molecule has 2 rings (SSSR count). The number of hydrogen-bond donors (Lipinski definition) is 1. The van der Waals surface area contributed by atoms with Crippen molar-refractivity contribution in [3.05, 3.63) is 49.3 Å². The Bertz CT molecular complexity index is 646. The third-order valence-corrected chi connectivity index (χ3v) is 5.77. The number of rotatable bonds is 5. The highest BCUT2D eigenvalue weighted by molar-refractivity contribution is 8.01. The van der Waals surface area contributed by atoms with E-state index in [1.165, 1.54) is 29.2 Å². The van der Waals surface area contributed by atoms with E-state index in [1.807, 2.05) is 0 Å². The van der Waals surface area contributed by atoms with Crippen LogP contribution in [-0.4, -0.2) is 16.6 Å². The summed E-state index contributed by atoms with van der Waals surface area (Å²) >= 11 is 14.5. The number of nitro groups is 1. The summed E-state index contributed by atoms with van der Waals surface area (Å²) < 4.78 is 0.530. The van der Waals surface area contributed by atoms with Crippen molar-refractivity contribution in [2.45, 2.75) is 15.5 Å². The highest BCUT2D eigenvalue weighted by atomic mass is 35.5. The lowest BCUT2D eigenvalue weighted by atomic mass is 10.3. The fourth-order valence-electron chi connectivity index (χ4n) is 1.51. The van der Waals surface area contributed by atoms with Gasteiger partial charge in [-0.2, -0.15) is 0 Å². The van der Waals surface area contributed by atoms with Gasteiger partial charge in [0.25, 0.3) is 5.69 Å². The van der Waals surface area contributed by atoms with Crippen LogP contribution in [-0.2, 0) is 6.42 Å². The van der Waals surface area contributed by atoms with E-state index in [1.54, 1.807) is 18.2 Å². The van der Waals surface area contributed by atoms with Crippen molar-refractivity contribution in [1.82, 2.24) is 0 Å². The van der Waals surface area contributed by atoms with Crippen molar-refractivity contribution < 1.29 is 10.0 Å². The molecule has 0 aliphatic heterocycles. The molecule has 0 atom stereocenters. The summed E-state index contributed by atoms with van der Waals surface area (Å²) in [6, 6.07) is 6.65. The summed E-state index contributed by atoms with van der Waals surface area (Å²) in [7, 11) is 0. The SMILES string of the molecule is O=[N+]([O-])c1cc(CCO)sc1Sc1cccc(Cl)c1Cl. The molecule has 0 spiro atoms. The average molecular weight is 350 g/mol. The average Bonchev–Trinajstić information content (AvgIpc) is 2.78. The predicted molar refractivity (Wildman–Crippen MR) is 82.3 cm³/mol. The lowest BCUT2D eigenvalue weighted by molar-refractivity contribution is -0.387. The lowest BCUT2D eigenvalue weighted by Gasteiger charge is -2.03. The third-order valence-electron chi connectivity index (χ3n) is 2.40. The number of hydrogen-bond acceptors (Lipinski definition) is 5. The Morgan fingerprint density at radius 1 is 1.40 bits per heavy atom. The van der Waals surface area contributed by atoms with E-state index < -0.39 is 4.92 Å². The summed E-state index contributed by atoms with van der Waals surface area (Å²) in [4.78, 5) is 12.1. The minimum atomic E-state index is -0.432. The summed E-state index contributed by atoms with van der Waals surface area (Å²) in [5.41, 5.74) is 0.0273. The number of nitrogens with zero attached hydrogens (tertiary/aromatic N) is 1. The molecule has 0 amide bonds. The minimum Gasteiger partial charge on any atom is -0.396 e. The number of halogens is 2. The van der Waals surface area contributed by atoms with Crippen molar-refractivity contribution in [2.75, 3.05) is 6.61 Å². The quantitative estimate of drug-likeness (QED) is 0.630. The summed E-state index contributed by atoms with van der Waals surface area (Å²) in [6.07, 6.45) is 0.398. The molecule has 0 fully saturated rings. The van der Waals surface area contributed by atoms with Gasteiger partial charge in [-0.05, 0) is 12.1 Å². The van der Waals surface area contributed by atoms with E-state index >= 15 is 0 Å². The fraction of sp³-hybridized carbons (Fsp3) is 0.167. The predicted octanol–water partition coefficient (Wildman–Crippen LogP) is 4.65. The molecule has 1 aromatic carbocycles. The first-order valence-corrected chi connectivity index (χ1v) is 7.91. The van der Waals surface area contributed by atoms with Gasteiger partial charge in [0.1, 0.15) is 4.21 Å². The van der Waals surface area contributed by atoms with Gasteiger partial charge in [-0.15, -0.1) is 11.3 Å². The van der Waals surface area contributed by atoms with Gasteiger partial charge in [0.05, 0.1) is 15.0 Å². The molecule has 1 N–H and O–H groups in total. The van der Waals surface area contributed by atoms with Gasteiger partial charge >= 0.3 is 0 Å². The first-order chi connectivity index (χ1) is 9.52. The van der Waals surface area contributed by atoms with E-state index in [2.05, 4.69) is 0 Å². The van der Waals surface area contributed by atoms with Crippen LogP contribution in [0.1, 0.15) is 4.88 Å². The van der Waals surface area contributed by atoms with Gasteiger partial charge in [0, 0.05) is 28.9 Å². The largest absolute Gasteiger partial charge is 0.396 e. The molecular weight excluding hydrogens is 341 g/mol. The zero-order valence-electron chi connectivity index (χ0n) is 10.0. The van der Waals surface area contributed by atoms with Crippen LogP contribution in [0.25, 0.3) is 0 Å². The fourth-order valence-corrected chi connectivity index (χ4v) is 4.36. The number of benzene rings is 1.